The van der Waals surface area contributed by atoms with Gasteiger partial charge < -0.3 is 9.88 Å². The van der Waals surface area contributed by atoms with Crippen molar-refractivity contribution in [2.24, 2.45) is 0 Å². The van der Waals surface area contributed by atoms with Gasteiger partial charge in [-0.15, -0.1) is 10.2 Å². The Hall–Kier alpha value is -2.31. The second-order valence-corrected chi connectivity index (χ2v) is 7.15. The summed E-state index contributed by atoms with van der Waals surface area (Å²) in [5.74, 6) is 0.939. The maximum absolute atomic E-state index is 12.2. The molecule has 0 aliphatic carbocycles. The van der Waals surface area contributed by atoms with Crippen LogP contribution in [-0.4, -0.2) is 26.4 Å². The molecular weight excluding hydrogens is 368 g/mol. The van der Waals surface area contributed by atoms with Crippen LogP contribution in [0, 0.1) is 6.92 Å². The first-order valence-electron chi connectivity index (χ1n) is 8.25. The van der Waals surface area contributed by atoms with E-state index in [1.165, 1.54) is 11.8 Å². The van der Waals surface area contributed by atoms with E-state index in [9.17, 15) is 4.79 Å². The number of carbonyl (C=O) groups is 1. The molecule has 0 saturated carbocycles. The summed E-state index contributed by atoms with van der Waals surface area (Å²) < 4.78 is 1.98. The van der Waals surface area contributed by atoms with Gasteiger partial charge in [-0.05, 0) is 43.7 Å². The summed E-state index contributed by atoms with van der Waals surface area (Å²) in [7, 11) is 0. The molecule has 0 fully saturated rings. The fourth-order valence-electron chi connectivity index (χ4n) is 2.57. The summed E-state index contributed by atoms with van der Waals surface area (Å²) in [5.41, 5.74) is 2.81. The van der Waals surface area contributed by atoms with E-state index in [2.05, 4.69) is 15.5 Å². The van der Waals surface area contributed by atoms with Gasteiger partial charge in [0.2, 0.25) is 5.91 Å². The lowest BCUT2D eigenvalue weighted by molar-refractivity contribution is -0.113. The Bertz CT molecular complexity index is 925. The molecule has 0 saturated heterocycles. The lowest BCUT2D eigenvalue weighted by atomic mass is 10.2. The van der Waals surface area contributed by atoms with Crippen molar-refractivity contribution in [1.82, 2.24) is 14.8 Å². The van der Waals surface area contributed by atoms with Crippen molar-refractivity contribution >= 4 is 35.0 Å². The molecule has 1 N–H and O–H groups in total. The number of benzene rings is 2. The molecule has 0 unspecified atom stereocenters. The number of aromatic nitrogens is 3. The van der Waals surface area contributed by atoms with Gasteiger partial charge in [-0.25, -0.2) is 0 Å². The summed E-state index contributed by atoms with van der Waals surface area (Å²) >= 11 is 7.44. The Morgan fingerprint density at radius 1 is 1.19 bits per heavy atom. The van der Waals surface area contributed by atoms with Gasteiger partial charge in [-0.1, -0.05) is 47.6 Å². The third kappa shape index (κ3) is 4.45. The first kappa shape index (κ1) is 18.5. The lowest BCUT2D eigenvalue weighted by Gasteiger charge is -2.08. The van der Waals surface area contributed by atoms with Gasteiger partial charge in [0.15, 0.2) is 11.0 Å². The average Bonchev–Trinajstić information content (AvgIpc) is 3.03. The number of halogens is 1. The molecule has 2 aromatic carbocycles. The molecule has 7 heteroatoms. The summed E-state index contributed by atoms with van der Waals surface area (Å²) in [5, 5.41) is 12.8. The molecule has 134 valence electrons. The van der Waals surface area contributed by atoms with Gasteiger partial charge in [0.25, 0.3) is 0 Å². The quantitative estimate of drug-likeness (QED) is 0.626. The molecule has 0 atom stereocenters. The molecule has 0 bridgehead atoms. The van der Waals surface area contributed by atoms with Crippen LogP contribution in [0.2, 0.25) is 5.02 Å². The molecule has 0 aliphatic heterocycles. The SMILES string of the molecule is CCn1c(SCC(=O)Nc2cccc(C)c2)nnc1-c1cccc(Cl)c1. The van der Waals surface area contributed by atoms with E-state index in [1.807, 2.05) is 66.9 Å². The van der Waals surface area contributed by atoms with Crippen molar-refractivity contribution in [3.63, 3.8) is 0 Å². The molecule has 0 spiro atoms. The Kier molecular flexibility index (Phi) is 5.96. The van der Waals surface area contributed by atoms with Crippen LogP contribution in [0.3, 0.4) is 0 Å². The highest BCUT2D eigenvalue weighted by Gasteiger charge is 2.15. The first-order chi connectivity index (χ1) is 12.6. The van der Waals surface area contributed by atoms with E-state index in [-0.39, 0.29) is 11.7 Å². The summed E-state index contributed by atoms with van der Waals surface area (Å²) in [6, 6.07) is 15.2. The van der Waals surface area contributed by atoms with E-state index in [0.29, 0.717) is 16.7 Å². The van der Waals surface area contributed by atoms with Crippen molar-refractivity contribution < 1.29 is 4.79 Å². The van der Waals surface area contributed by atoms with E-state index in [4.69, 9.17) is 11.6 Å². The van der Waals surface area contributed by atoms with E-state index >= 15 is 0 Å². The molecule has 5 nitrogen and oxygen atoms in total. The van der Waals surface area contributed by atoms with Gasteiger partial charge in [-0.2, -0.15) is 0 Å². The molecule has 3 aromatic rings. The second-order valence-electron chi connectivity index (χ2n) is 5.77. The Balaban J connectivity index is 1.69. The topological polar surface area (TPSA) is 59.8 Å². The third-order valence-electron chi connectivity index (χ3n) is 3.75. The summed E-state index contributed by atoms with van der Waals surface area (Å²) in [4.78, 5) is 12.2. The number of nitrogens with one attached hydrogen (secondary N) is 1. The average molecular weight is 387 g/mol. The smallest absolute Gasteiger partial charge is 0.234 e. The number of carbonyl (C=O) groups excluding carboxylic acids is 1. The number of hydrogen-bond acceptors (Lipinski definition) is 4. The number of nitrogens with zero attached hydrogens (tertiary/aromatic N) is 3. The lowest BCUT2D eigenvalue weighted by Crippen LogP contribution is -2.14. The van der Waals surface area contributed by atoms with Crippen LogP contribution in [0.1, 0.15) is 12.5 Å². The molecule has 1 aromatic heterocycles. The minimum Gasteiger partial charge on any atom is -0.325 e. The van der Waals surface area contributed by atoms with Crippen molar-refractivity contribution in [3.8, 4) is 11.4 Å². The number of aryl methyl sites for hydroxylation is 1. The maximum atomic E-state index is 12.2. The predicted octanol–water partition coefficient (Wildman–Crippen LogP) is 4.66. The second kappa shape index (κ2) is 8.38. The van der Waals surface area contributed by atoms with Crippen LogP contribution in [0.5, 0.6) is 0 Å². The molecule has 3 rings (SSSR count). The number of rotatable bonds is 6. The zero-order valence-electron chi connectivity index (χ0n) is 14.6. The van der Waals surface area contributed by atoms with Gasteiger partial charge in [-0.3, -0.25) is 4.79 Å². The molecular formula is C19H19ClN4OS. The van der Waals surface area contributed by atoms with Crippen molar-refractivity contribution in [2.45, 2.75) is 25.5 Å². The maximum Gasteiger partial charge on any atom is 0.234 e. The van der Waals surface area contributed by atoms with Crippen LogP contribution in [0.4, 0.5) is 5.69 Å². The number of anilines is 1. The molecule has 1 amide bonds. The van der Waals surface area contributed by atoms with Crippen molar-refractivity contribution in [1.29, 1.82) is 0 Å². The molecule has 0 radical (unpaired) electrons. The summed E-state index contributed by atoms with van der Waals surface area (Å²) in [6.07, 6.45) is 0. The monoisotopic (exact) mass is 386 g/mol. The first-order valence-corrected chi connectivity index (χ1v) is 9.61. The largest absolute Gasteiger partial charge is 0.325 e. The van der Waals surface area contributed by atoms with Crippen LogP contribution >= 0.6 is 23.4 Å². The highest BCUT2D eigenvalue weighted by molar-refractivity contribution is 7.99. The van der Waals surface area contributed by atoms with Crippen LogP contribution < -0.4 is 5.32 Å². The molecule has 26 heavy (non-hydrogen) atoms. The zero-order valence-corrected chi connectivity index (χ0v) is 16.1. The Labute approximate surface area is 161 Å². The highest BCUT2D eigenvalue weighted by Crippen LogP contribution is 2.26. The van der Waals surface area contributed by atoms with Crippen LogP contribution in [-0.2, 0) is 11.3 Å². The fraction of sp³-hybridized carbons (Fsp3) is 0.211. The van der Waals surface area contributed by atoms with E-state index in [1.54, 1.807) is 0 Å². The van der Waals surface area contributed by atoms with Gasteiger partial charge in [0.1, 0.15) is 0 Å². The van der Waals surface area contributed by atoms with Gasteiger partial charge in [0.05, 0.1) is 5.75 Å². The number of amides is 1. The standard InChI is InChI=1S/C19H19ClN4OS/c1-3-24-18(14-7-5-8-15(20)11-14)22-23-19(24)26-12-17(25)21-16-9-4-6-13(2)10-16/h4-11H,3,12H2,1-2H3,(H,21,25). The van der Waals surface area contributed by atoms with E-state index < -0.39 is 0 Å². The zero-order chi connectivity index (χ0) is 18.5. The van der Waals surface area contributed by atoms with Gasteiger partial charge >= 0.3 is 0 Å². The number of hydrogen-bond donors (Lipinski definition) is 1. The normalized spacial score (nSPS) is 10.7. The molecule has 0 aliphatic rings. The highest BCUT2D eigenvalue weighted by atomic mass is 35.5. The predicted molar refractivity (Wildman–Crippen MR) is 107 cm³/mol. The van der Waals surface area contributed by atoms with E-state index in [0.717, 1.165) is 22.6 Å². The van der Waals surface area contributed by atoms with Crippen LogP contribution in [0.15, 0.2) is 53.7 Å². The molecule has 1 heterocycles. The third-order valence-corrected chi connectivity index (χ3v) is 4.95. The van der Waals surface area contributed by atoms with Crippen LogP contribution in [0.25, 0.3) is 11.4 Å². The van der Waals surface area contributed by atoms with Gasteiger partial charge in [0, 0.05) is 22.8 Å². The van der Waals surface area contributed by atoms with Crippen molar-refractivity contribution in [3.05, 3.63) is 59.1 Å². The van der Waals surface area contributed by atoms with Crippen molar-refractivity contribution in [2.75, 3.05) is 11.1 Å². The number of thioether (sulfide) groups is 1. The fourth-order valence-corrected chi connectivity index (χ4v) is 3.56. The Morgan fingerprint density at radius 2 is 2.00 bits per heavy atom. The summed E-state index contributed by atoms with van der Waals surface area (Å²) in [6.45, 7) is 4.72. The Morgan fingerprint density at radius 3 is 2.73 bits per heavy atom. The minimum atomic E-state index is -0.0736. The minimum absolute atomic E-state index is 0.0736.